The third-order valence-corrected chi connectivity index (χ3v) is 2.69. The van der Waals surface area contributed by atoms with Crippen LogP contribution in [0.1, 0.15) is 19.4 Å². The van der Waals surface area contributed by atoms with Crippen LogP contribution in [0.3, 0.4) is 0 Å². The van der Waals surface area contributed by atoms with Crippen LogP contribution in [0.5, 0.6) is 17.2 Å². The zero-order valence-electron chi connectivity index (χ0n) is 12.4. The fraction of sp³-hybridized carbons (Fsp3) is 0.333. The van der Waals surface area contributed by atoms with Gasteiger partial charge in [-0.15, -0.1) is 0 Å². The van der Waals surface area contributed by atoms with Crippen LogP contribution < -0.4 is 9.47 Å². The lowest BCUT2D eigenvalue weighted by molar-refractivity contribution is -0.139. The maximum atomic E-state index is 11.7. The Bertz CT molecular complexity index is 549. The molecule has 0 aromatic heterocycles. The van der Waals surface area contributed by atoms with E-state index >= 15 is 0 Å². The summed E-state index contributed by atoms with van der Waals surface area (Å²) in [6, 6.07) is 2.97. The normalized spacial score (nSPS) is 11.0. The first kappa shape index (κ1) is 16.6. The minimum absolute atomic E-state index is 0.0911. The lowest BCUT2D eigenvalue weighted by atomic mass is 10.1. The molecule has 0 saturated heterocycles. The summed E-state index contributed by atoms with van der Waals surface area (Å²) >= 11 is 0. The minimum Gasteiger partial charge on any atom is -0.502 e. The molecule has 0 fully saturated rings. The molecule has 6 nitrogen and oxygen atoms in total. The summed E-state index contributed by atoms with van der Waals surface area (Å²) in [6.07, 6.45) is 1.37. The number of aromatic hydroxyl groups is 1. The minimum atomic E-state index is -0.698. The van der Waals surface area contributed by atoms with Crippen molar-refractivity contribution in [2.24, 2.45) is 0 Å². The van der Waals surface area contributed by atoms with Gasteiger partial charge in [-0.2, -0.15) is 0 Å². The molecular formula is C15H18O6. The third-order valence-electron chi connectivity index (χ3n) is 2.69. The van der Waals surface area contributed by atoms with Gasteiger partial charge in [-0.3, -0.25) is 4.79 Å². The van der Waals surface area contributed by atoms with Gasteiger partial charge in [-0.05, 0) is 37.6 Å². The molecule has 0 unspecified atom stereocenters. The van der Waals surface area contributed by atoms with E-state index in [1.807, 2.05) is 0 Å². The van der Waals surface area contributed by atoms with Crippen LogP contribution >= 0.6 is 0 Å². The average molecular weight is 294 g/mol. The number of phenolic OH excluding ortho intramolecular Hbond substituents is 1. The van der Waals surface area contributed by atoms with Crippen molar-refractivity contribution in [3.05, 3.63) is 23.3 Å². The predicted octanol–water partition coefficient (Wildman–Crippen LogP) is 1.94. The Morgan fingerprint density at radius 1 is 1.19 bits per heavy atom. The molecule has 0 aliphatic heterocycles. The first-order valence-electron chi connectivity index (χ1n) is 6.29. The van der Waals surface area contributed by atoms with Gasteiger partial charge in [-0.1, -0.05) is 0 Å². The fourth-order valence-electron chi connectivity index (χ4n) is 1.68. The summed E-state index contributed by atoms with van der Waals surface area (Å²) in [5.41, 5.74) is 0.381. The van der Waals surface area contributed by atoms with E-state index in [1.54, 1.807) is 6.92 Å². The summed E-state index contributed by atoms with van der Waals surface area (Å²) in [7, 11) is 2.78. The Morgan fingerprint density at radius 3 is 2.10 bits per heavy atom. The van der Waals surface area contributed by atoms with Gasteiger partial charge >= 0.3 is 5.97 Å². The summed E-state index contributed by atoms with van der Waals surface area (Å²) in [5.74, 6) is -0.923. The number of carbonyl (C=O) groups is 2. The van der Waals surface area contributed by atoms with Crippen LogP contribution in [0.15, 0.2) is 17.7 Å². The summed E-state index contributed by atoms with van der Waals surface area (Å²) < 4.78 is 14.9. The largest absolute Gasteiger partial charge is 0.502 e. The quantitative estimate of drug-likeness (QED) is 0.374. The highest BCUT2D eigenvalue weighted by Gasteiger charge is 2.17. The third kappa shape index (κ3) is 3.98. The van der Waals surface area contributed by atoms with E-state index in [1.165, 1.54) is 39.4 Å². The lowest BCUT2D eigenvalue weighted by Crippen LogP contribution is -2.13. The Labute approximate surface area is 122 Å². The average Bonchev–Trinajstić information content (AvgIpc) is 2.45. The number of carbonyl (C=O) groups excluding carboxylic acids is 2. The molecule has 0 amide bonds. The van der Waals surface area contributed by atoms with Crippen molar-refractivity contribution in [3.63, 3.8) is 0 Å². The molecule has 1 aromatic rings. The zero-order chi connectivity index (χ0) is 16.0. The van der Waals surface area contributed by atoms with Crippen LogP contribution in [0.4, 0.5) is 0 Å². The Morgan fingerprint density at radius 2 is 1.71 bits per heavy atom. The molecule has 1 N–H and O–H groups in total. The standard InChI is InChI=1S/C15H18O6/c1-5-21-15(18)11(9(2)16)6-10-7-12(19-3)14(17)13(8-10)20-4/h6-8,17H,5H2,1-4H3/b11-6-. The van der Waals surface area contributed by atoms with E-state index < -0.39 is 11.8 Å². The molecule has 0 spiro atoms. The number of phenols is 1. The highest BCUT2D eigenvalue weighted by Crippen LogP contribution is 2.37. The van der Waals surface area contributed by atoms with E-state index in [0.717, 1.165) is 0 Å². The highest BCUT2D eigenvalue weighted by atomic mass is 16.5. The number of methoxy groups -OCH3 is 2. The van der Waals surface area contributed by atoms with Crippen molar-refractivity contribution in [2.75, 3.05) is 20.8 Å². The van der Waals surface area contributed by atoms with Crippen LogP contribution in [0.2, 0.25) is 0 Å². The molecule has 1 aromatic carbocycles. The number of ether oxygens (including phenoxy) is 3. The molecule has 6 heteroatoms. The van der Waals surface area contributed by atoms with Crippen molar-refractivity contribution >= 4 is 17.8 Å². The van der Waals surface area contributed by atoms with Crippen LogP contribution in [-0.2, 0) is 14.3 Å². The number of ketones is 1. The second-order valence-electron chi connectivity index (χ2n) is 4.11. The van der Waals surface area contributed by atoms with Gasteiger partial charge in [-0.25, -0.2) is 4.79 Å². The fourth-order valence-corrected chi connectivity index (χ4v) is 1.68. The first-order valence-corrected chi connectivity index (χ1v) is 6.29. The van der Waals surface area contributed by atoms with Gasteiger partial charge in [0.05, 0.1) is 20.8 Å². The Hall–Kier alpha value is -2.50. The number of Topliss-reactive ketones (excluding diaryl/α,β-unsaturated/α-hetero) is 1. The van der Waals surface area contributed by atoms with E-state index in [-0.39, 0.29) is 29.4 Å². The maximum absolute atomic E-state index is 11.7. The number of hydrogen-bond donors (Lipinski definition) is 1. The predicted molar refractivity (Wildman–Crippen MR) is 76.5 cm³/mol. The van der Waals surface area contributed by atoms with Gasteiger partial charge in [0.25, 0.3) is 0 Å². The Balaban J connectivity index is 3.33. The zero-order valence-corrected chi connectivity index (χ0v) is 12.4. The molecule has 21 heavy (non-hydrogen) atoms. The number of benzene rings is 1. The van der Waals surface area contributed by atoms with Gasteiger partial charge in [0.2, 0.25) is 5.75 Å². The van der Waals surface area contributed by atoms with Crippen LogP contribution in [0, 0.1) is 0 Å². The van der Waals surface area contributed by atoms with Gasteiger partial charge in [0, 0.05) is 0 Å². The topological polar surface area (TPSA) is 82.1 Å². The van der Waals surface area contributed by atoms with E-state index in [0.29, 0.717) is 5.56 Å². The number of hydrogen-bond acceptors (Lipinski definition) is 6. The van der Waals surface area contributed by atoms with Crippen LogP contribution in [0.25, 0.3) is 6.08 Å². The second kappa shape index (κ2) is 7.33. The maximum Gasteiger partial charge on any atom is 0.341 e. The van der Waals surface area contributed by atoms with Crippen LogP contribution in [-0.4, -0.2) is 37.7 Å². The summed E-state index contributed by atoms with van der Waals surface area (Å²) in [4.78, 5) is 23.3. The van der Waals surface area contributed by atoms with Crippen molar-refractivity contribution < 1.29 is 28.9 Å². The SMILES string of the molecule is CCOC(=O)/C(=C\c1cc(OC)c(O)c(OC)c1)C(C)=O. The molecule has 1 rings (SSSR count). The summed E-state index contributed by atoms with van der Waals surface area (Å²) in [5, 5.41) is 9.82. The van der Waals surface area contributed by atoms with Crippen molar-refractivity contribution in [1.29, 1.82) is 0 Å². The molecule has 0 saturated carbocycles. The number of esters is 1. The second-order valence-corrected chi connectivity index (χ2v) is 4.11. The van der Waals surface area contributed by atoms with E-state index in [4.69, 9.17) is 14.2 Å². The van der Waals surface area contributed by atoms with E-state index in [2.05, 4.69) is 0 Å². The molecule has 0 heterocycles. The highest BCUT2D eigenvalue weighted by molar-refractivity contribution is 6.19. The smallest absolute Gasteiger partial charge is 0.341 e. The molecule has 0 aliphatic carbocycles. The monoisotopic (exact) mass is 294 g/mol. The molecule has 0 aliphatic rings. The number of rotatable bonds is 6. The van der Waals surface area contributed by atoms with Gasteiger partial charge < -0.3 is 19.3 Å². The van der Waals surface area contributed by atoms with Crippen molar-refractivity contribution in [1.82, 2.24) is 0 Å². The van der Waals surface area contributed by atoms with Crippen molar-refractivity contribution in [2.45, 2.75) is 13.8 Å². The molecule has 114 valence electrons. The first-order chi connectivity index (χ1) is 9.94. The van der Waals surface area contributed by atoms with Gasteiger partial charge in [0.15, 0.2) is 17.3 Å². The molecule has 0 bridgehead atoms. The molecular weight excluding hydrogens is 276 g/mol. The van der Waals surface area contributed by atoms with E-state index in [9.17, 15) is 14.7 Å². The molecule has 0 radical (unpaired) electrons. The Kier molecular flexibility index (Phi) is 5.78. The summed E-state index contributed by atoms with van der Waals surface area (Å²) in [6.45, 7) is 3.10. The lowest BCUT2D eigenvalue weighted by Gasteiger charge is -2.10. The van der Waals surface area contributed by atoms with Gasteiger partial charge in [0.1, 0.15) is 5.57 Å². The van der Waals surface area contributed by atoms with Crippen molar-refractivity contribution in [3.8, 4) is 17.2 Å². The molecule has 0 atom stereocenters.